The second kappa shape index (κ2) is 6.14. The number of aromatic nitrogens is 1. The number of para-hydroxylation sites is 1. The van der Waals surface area contributed by atoms with Crippen LogP contribution in [0.15, 0.2) is 42.6 Å². The van der Waals surface area contributed by atoms with Gasteiger partial charge < -0.3 is 14.7 Å². The minimum atomic E-state index is -0.373. The number of hydrogen-bond acceptors (Lipinski definition) is 4. The molecular formula is C17H20N2O2. The maximum absolute atomic E-state index is 10.3. The highest BCUT2D eigenvalue weighted by Crippen LogP contribution is 2.34. The molecule has 2 heterocycles. The molecule has 1 unspecified atom stereocenters. The number of methoxy groups -OCH3 is 1. The van der Waals surface area contributed by atoms with Crippen molar-refractivity contribution in [3.63, 3.8) is 0 Å². The van der Waals surface area contributed by atoms with Crippen LogP contribution in [0.5, 0.6) is 5.88 Å². The van der Waals surface area contributed by atoms with Crippen molar-refractivity contribution >= 4 is 5.69 Å². The number of rotatable bonds is 3. The second-order valence-electron chi connectivity index (χ2n) is 5.31. The summed E-state index contributed by atoms with van der Waals surface area (Å²) in [5, 5.41) is 10.3. The summed E-state index contributed by atoms with van der Waals surface area (Å²) < 4.78 is 5.34. The average molecular weight is 284 g/mol. The van der Waals surface area contributed by atoms with Crippen LogP contribution >= 0.6 is 0 Å². The first-order valence-corrected chi connectivity index (χ1v) is 7.29. The standard InChI is InChI=1S/C17H20N2O2/c1-21-17-13(6-4-10-18-17)12-19-11-5-9-16(20)14-7-2-3-8-15(14)19/h2-4,6-8,10,16,20H,5,9,11-12H2,1H3. The van der Waals surface area contributed by atoms with E-state index in [1.54, 1.807) is 13.3 Å². The smallest absolute Gasteiger partial charge is 0.218 e. The Balaban J connectivity index is 1.93. The Kier molecular flexibility index (Phi) is 4.06. The molecule has 0 fully saturated rings. The third-order valence-electron chi connectivity index (χ3n) is 3.95. The Labute approximate surface area is 125 Å². The third kappa shape index (κ3) is 2.85. The summed E-state index contributed by atoms with van der Waals surface area (Å²) in [7, 11) is 1.64. The fourth-order valence-corrected chi connectivity index (χ4v) is 2.91. The lowest BCUT2D eigenvalue weighted by molar-refractivity contribution is 0.168. The Morgan fingerprint density at radius 1 is 1.29 bits per heavy atom. The molecule has 1 N–H and O–H groups in total. The lowest BCUT2D eigenvalue weighted by Gasteiger charge is -2.25. The first-order chi connectivity index (χ1) is 10.3. The number of aliphatic hydroxyl groups excluding tert-OH is 1. The zero-order valence-electron chi connectivity index (χ0n) is 12.2. The van der Waals surface area contributed by atoms with Crippen LogP contribution in [0.1, 0.15) is 30.1 Å². The van der Waals surface area contributed by atoms with Crippen LogP contribution in [0.25, 0.3) is 0 Å². The number of nitrogens with zero attached hydrogens (tertiary/aromatic N) is 2. The first-order valence-electron chi connectivity index (χ1n) is 7.29. The molecule has 1 aromatic carbocycles. The summed E-state index contributed by atoms with van der Waals surface area (Å²) in [4.78, 5) is 6.56. The van der Waals surface area contributed by atoms with Crippen molar-refractivity contribution in [2.24, 2.45) is 0 Å². The van der Waals surface area contributed by atoms with Gasteiger partial charge in [0, 0.05) is 36.1 Å². The normalized spacial score (nSPS) is 18.0. The van der Waals surface area contributed by atoms with E-state index in [2.05, 4.69) is 16.0 Å². The summed E-state index contributed by atoms with van der Waals surface area (Å²) in [5.41, 5.74) is 3.18. The second-order valence-corrected chi connectivity index (χ2v) is 5.31. The van der Waals surface area contributed by atoms with Crippen LogP contribution in [0.2, 0.25) is 0 Å². The molecule has 4 heteroatoms. The maximum Gasteiger partial charge on any atom is 0.218 e. The molecular weight excluding hydrogens is 264 g/mol. The van der Waals surface area contributed by atoms with Gasteiger partial charge in [0.2, 0.25) is 5.88 Å². The summed E-state index contributed by atoms with van der Waals surface area (Å²) in [6, 6.07) is 12.1. The zero-order chi connectivity index (χ0) is 14.7. The number of pyridine rings is 1. The van der Waals surface area contributed by atoms with E-state index in [1.807, 2.05) is 30.3 Å². The van der Waals surface area contributed by atoms with Gasteiger partial charge in [0.05, 0.1) is 13.2 Å². The highest BCUT2D eigenvalue weighted by atomic mass is 16.5. The van der Waals surface area contributed by atoms with Crippen molar-refractivity contribution in [2.75, 3.05) is 18.6 Å². The van der Waals surface area contributed by atoms with Gasteiger partial charge in [-0.1, -0.05) is 24.3 Å². The Morgan fingerprint density at radius 2 is 2.14 bits per heavy atom. The molecule has 0 aliphatic carbocycles. The summed E-state index contributed by atoms with van der Waals surface area (Å²) in [6.07, 6.45) is 3.14. The highest BCUT2D eigenvalue weighted by Gasteiger charge is 2.21. The molecule has 0 saturated heterocycles. The van der Waals surface area contributed by atoms with Crippen LogP contribution in [-0.2, 0) is 6.54 Å². The maximum atomic E-state index is 10.3. The molecule has 0 radical (unpaired) electrons. The molecule has 1 aliphatic heterocycles. The SMILES string of the molecule is COc1ncccc1CN1CCCC(O)c2ccccc21. The number of anilines is 1. The van der Waals surface area contributed by atoms with E-state index >= 15 is 0 Å². The van der Waals surface area contributed by atoms with E-state index < -0.39 is 0 Å². The largest absolute Gasteiger partial charge is 0.481 e. The lowest BCUT2D eigenvalue weighted by Crippen LogP contribution is -2.24. The van der Waals surface area contributed by atoms with E-state index in [0.29, 0.717) is 5.88 Å². The van der Waals surface area contributed by atoms with E-state index in [-0.39, 0.29) is 6.10 Å². The first kappa shape index (κ1) is 13.9. The summed E-state index contributed by atoms with van der Waals surface area (Å²) >= 11 is 0. The molecule has 0 spiro atoms. The van der Waals surface area contributed by atoms with Crippen molar-refractivity contribution in [1.82, 2.24) is 4.98 Å². The third-order valence-corrected chi connectivity index (χ3v) is 3.95. The quantitative estimate of drug-likeness (QED) is 0.941. The van der Waals surface area contributed by atoms with Gasteiger partial charge in [-0.2, -0.15) is 0 Å². The minimum Gasteiger partial charge on any atom is -0.481 e. The van der Waals surface area contributed by atoms with Gasteiger partial charge in [-0.3, -0.25) is 0 Å². The van der Waals surface area contributed by atoms with E-state index in [0.717, 1.165) is 42.7 Å². The average Bonchev–Trinajstić information content (AvgIpc) is 2.68. The molecule has 1 aromatic heterocycles. The van der Waals surface area contributed by atoms with Crippen molar-refractivity contribution in [3.8, 4) is 5.88 Å². The molecule has 4 nitrogen and oxygen atoms in total. The Bertz CT molecular complexity index is 615. The molecule has 2 aromatic rings. The lowest BCUT2D eigenvalue weighted by atomic mass is 10.0. The van der Waals surface area contributed by atoms with E-state index in [4.69, 9.17) is 4.74 Å². The van der Waals surface area contributed by atoms with Crippen molar-refractivity contribution in [2.45, 2.75) is 25.5 Å². The number of fused-ring (bicyclic) bond motifs is 1. The Hall–Kier alpha value is -2.07. The molecule has 21 heavy (non-hydrogen) atoms. The van der Waals surface area contributed by atoms with Gasteiger partial charge in [0.15, 0.2) is 0 Å². The topological polar surface area (TPSA) is 45.6 Å². The molecule has 1 aliphatic rings. The summed E-state index contributed by atoms with van der Waals surface area (Å²) in [5.74, 6) is 0.666. The Morgan fingerprint density at radius 3 is 3.00 bits per heavy atom. The van der Waals surface area contributed by atoms with Gasteiger partial charge in [-0.25, -0.2) is 4.98 Å². The predicted octanol–water partition coefficient (Wildman–Crippen LogP) is 2.92. The van der Waals surface area contributed by atoms with Gasteiger partial charge in [0.1, 0.15) is 0 Å². The molecule has 3 rings (SSSR count). The van der Waals surface area contributed by atoms with E-state index in [9.17, 15) is 5.11 Å². The monoisotopic (exact) mass is 284 g/mol. The molecule has 0 bridgehead atoms. The van der Waals surface area contributed by atoms with Gasteiger partial charge in [-0.05, 0) is 25.0 Å². The zero-order valence-corrected chi connectivity index (χ0v) is 12.2. The van der Waals surface area contributed by atoms with Crippen molar-refractivity contribution in [3.05, 3.63) is 53.7 Å². The minimum absolute atomic E-state index is 0.373. The predicted molar refractivity (Wildman–Crippen MR) is 82.5 cm³/mol. The van der Waals surface area contributed by atoms with Crippen molar-refractivity contribution < 1.29 is 9.84 Å². The number of ether oxygens (including phenoxy) is 1. The van der Waals surface area contributed by atoms with Gasteiger partial charge in [-0.15, -0.1) is 0 Å². The number of aliphatic hydroxyl groups is 1. The van der Waals surface area contributed by atoms with Crippen LogP contribution < -0.4 is 9.64 Å². The fourth-order valence-electron chi connectivity index (χ4n) is 2.91. The van der Waals surface area contributed by atoms with Crippen LogP contribution in [0, 0.1) is 0 Å². The highest BCUT2D eigenvalue weighted by molar-refractivity contribution is 5.56. The fraction of sp³-hybridized carbons (Fsp3) is 0.353. The molecule has 0 amide bonds. The van der Waals surface area contributed by atoms with Crippen LogP contribution in [0.4, 0.5) is 5.69 Å². The van der Waals surface area contributed by atoms with Crippen LogP contribution in [-0.4, -0.2) is 23.7 Å². The molecule has 0 saturated carbocycles. The van der Waals surface area contributed by atoms with E-state index in [1.165, 1.54) is 0 Å². The van der Waals surface area contributed by atoms with Crippen LogP contribution in [0.3, 0.4) is 0 Å². The van der Waals surface area contributed by atoms with Gasteiger partial charge in [0.25, 0.3) is 0 Å². The molecule has 110 valence electrons. The number of benzene rings is 1. The molecule has 1 atom stereocenters. The summed E-state index contributed by atoms with van der Waals surface area (Å²) in [6.45, 7) is 1.66. The van der Waals surface area contributed by atoms with Gasteiger partial charge >= 0.3 is 0 Å². The number of hydrogen-bond donors (Lipinski definition) is 1. The van der Waals surface area contributed by atoms with Crippen molar-refractivity contribution in [1.29, 1.82) is 0 Å².